The zero-order valence-electron chi connectivity index (χ0n) is 13.9. The van der Waals surface area contributed by atoms with Gasteiger partial charge in [0.1, 0.15) is 0 Å². The minimum atomic E-state index is -0.0312. The third-order valence-electron chi connectivity index (χ3n) is 4.02. The number of hydrogen-bond acceptors (Lipinski definition) is 5. The van der Waals surface area contributed by atoms with E-state index in [1.54, 1.807) is 23.7 Å². The standard InChI is InChI=1S/C18H23N3O2S/c1-14-2-3-17(24-14)13-21(12-15-4-6-19-7-5-15)18(22)10-16-11-20-8-9-23-16/h2-7,16,20H,8-13H2,1H3/t16-/m1/s1. The molecule has 2 aromatic heterocycles. The van der Waals surface area contributed by atoms with Crippen molar-refractivity contribution in [1.29, 1.82) is 0 Å². The molecule has 1 aliphatic heterocycles. The predicted molar refractivity (Wildman–Crippen MR) is 94.8 cm³/mol. The molecule has 6 heteroatoms. The van der Waals surface area contributed by atoms with Crippen LogP contribution >= 0.6 is 11.3 Å². The molecule has 1 aliphatic rings. The predicted octanol–water partition coefficient (Wildman–Crippen LogP) is 2.36. The summed E-state index contributed by atoms with van der Waals surface area (Å²) in [5, 5.41) is 3.28. The highest BCUT2D eigenvalue weighted by atomic mass is 32.1. The molecular weight excluding hydrogens is 322 g/mol. The lowest BCUT2D eigenvalue weighted by Crippen LogP contribution is -2.42. The second-order valence-corrected chi connectivity index (χ2v) is 7.39. The summed E-state index contributed by atoms with van der Waals surface area (Å²) in [5.74, 6) is 0.131. The number of carbonyl (C=O) groups excluding carboxylic acids is 1. The first kappa shape index (κ1) is 17.1. The summed E-state index contributed by atoms with van der Waals surface area (Å²) >= 11 is 1.74. The van der Waals surface area contributed by atoms with E-state index in [0.717, 1.165) is 18.7 Å². The highest BCUT2D eigenvalue weighted by molar-refractivity contribution is 7.11. The number of rotatable bonds is 6. The Morgan fingerprint density at radius 1 is 1.33 bits per heavy atom. The SMILES string of the molecule is Cc1ccc(CN(Cc2ccncc2)C(=O)C[C@@H]2CNCCO2)s1. The number of thiophene rings is 1. The topological polar surface area (TPSA) is 54.5 Å². The van der Waals surface area contributed by atoms with Gasteiger partial charge in [0.2, 0.25) is 5.91 Å². The summed E-state index contributed by atoms with van der Waals surface area (Å²) in [6, 6.07) is 8.12. The molecule has 0 unspecified atom stereocenters. The van der Waals surface area contributed by atoms with Gasteiger partial charge in [0.05, 0.1) is 25.7 Å². The van der Waals surface area contributed by atoms with Gasteiger partial charge in [0, 0.05) is 41.8 Å². The van der Waals surface area contributed by atoms with E-state index in [-0.39, 0.29) is 12.0 Å². The van der Waals surface area contributed by atoms with Crippen LogP contribution in [0.25, 0.3) is 0 Å². The molecule has 0 aliphatic carbocycles. The lowest BCUT2D eigenvalue weighted by molar-refractivity contribution is -0.136. The summed E-state index contributed by atoms with van der Waals surface area (Å²) < 4.78 is 5.69. The fourth-order valence-electron chi connectivity index (χ4n) is 2.77. The molecule has 128 valence electrons. The molecule has 2 aromatic rings. The minimum Gasteiger partial charge on any atom is -0.375 e. The van der Waals surface area contributed by atoms with Crippen molar-refractivity contribution in [3.05, 3.63) is 52.0 Å². The van der Waals surface area contributed by atoms with Crippen molar-refractivity contribution in [2.75, 3.05) is 19.7 Å². The van der Waals surface area contributed by atoms with Crippen LogP contribution in [0.5, 0.6) is 0 Å². The van der Waals surface area contributed by atoms with Crippen LogP contribution in [0.1, 0.15) is 21.7 Å². The van der Waals surface area contributed by atoms with Crippen molar-refractivity contribution >= 4 is 17.2 Å². The quantitative estimate of drug-likeness (QED) is 0.873. The number of hydrogen-bond donors (Lipinski definition) is 1. The minimum absolute atomic E-state index is 0.0312. The van der Waals surface area contributed by atoms with E-state index < -0.39 is 0 Å². The van der Waals surface area contributed by atoms with Crippen LogP contribution in [0.15, 0.2) is 36.7 Å². The molecule has 3 rings (SSSR count). The number of nitrogens with zero attached hydrogens (tertiary/aromatic N) is 2. The van der Waals surface area contributed by atoms with Gasteiger partial charge < -0.3 is 15.0 Å². The molecule has 3 heterocycles. The maximum absolute atomic E-state index is 12.8. The normalized spacial score (nSPS) is 17.6. The van der Waals surface area contributed by atoms with Gasteiger partial charge in [-0.05, 0) is 36.8 Å². The summed E-state index contributed by atoms with van der Waals surface area (Å²) in [7, 11) is 0. The molecule has 1 atom stereocenters. The van der Waals surface area contributed by atoms with Crippen LogP contribution < -0.4 is 5.32 Å². The first-order valence-corrected chi connectivity index (χ1v) is 9.06. The zero-order valence-corrected chi connectivity index (χ0v) is 14.7. The van der Waals surface area contributed by atoms with Crippen LogP contribution in [-0.2, 0) is 22.6 Å². The molecule has 1 fully saturated rings. The van der Waals surface area contributed by atoms with Crippen molar-refractivity contribution in [2.24, 2.45) is 0 Å². The van der Waals surface area contributed by atoms with Crippen molar-refractivity contribution in [3.63, 3.8) is 0 Å². The number of aryl methyl sites for hydroxylation is 1. The van der Waals surface area contributed by atoms with Gasteiger partial charge in [-0.25, -0.2) is 0 Å². The van der Waals surface area contributed by atoms with E-state index in [9.17, 15) is 4.79 Å². The van der Waals surface area contributed by atoms with Crippen LogP contribution in [0, 0.1) is 6.92 Å². The monoisotopic (exact) mass is 345 g/mol. The molecule has 1 N–H and O–H groups in total. The second kappa shape index (κ2) is 8.37. The maximum atomic E-state index is 12.8. The largest absolute Gasteiger partial charge is 0.375 e. The molecular formula is C18H23N3O2S. The van der Waals surface area contributed by atoms with Crippen molar-refractivity contribution in [2.45, 2.75) is 32.5 Å². The Bertz CT molecular complexity index is 653. The summed E-state index contributed by atoms with van der Waals surface area (Å²) in [6.45, 7) is 5.60. The third-order valence-corrected chi connectivity index (χ3v) is 5.01. The molecule has 1 saturated heterocycles. The highest BCUT2D eigenvalue weighted by Gasteiger charge is 2.22. The van der Waals surface area contributed by atoms with Crippen molar-refractivity contribution in [3.8, 4) is 0 Å². The number of ether oxygens (including phenoxy) is 1. The Hall–Kier alpha value is -1.76. The van der Waals surface area contributed by atoms with Gasteiger partial charge in [-0.3, -0.25) is 9.78 Å². The second-order valence-electron chi connectivity index (χ2n) is 6.02. The molecule has 0 saturated carbocycles. The lowest BCUT2D eigenvalue weighted by atomic mass is 10.1. The fourth-order valence-corrected chi connectivity index (χ4v) is 3.68. The molecule has 0 spiro atoms. The number of aromatic nitrogens is 1. The Kier molecular flexibility index (Phi) is 5.96. The van der Waals surface area contributed by atoms with Gasteiger partial charge in [-0.15, -0.1) is 11.3 Å². The molecule has 0 bridgehead atoms. The maximum Gasteiger partial charge on any atom is 0.225 e. The lowest BCUT2D eigenvalue weighted by Gasteiger charge is -2.27. The van der Waals surface area contributed by atoms with E-state index >= 15 is 0 Å². The average Bonchev–Trinajstić information content (AvgIpc) is 3.01. The van der Waals surface area contributed by atoms with Gasteiger partial charge >= 0.3 is 0 Å². The Morgan fingerprint density at radius 3 is 2.83 bits per heavy atom. The average molecular weight is 345 g/mol. The molecule has 1 amide bonds. The van der Waals surface area contributed by atoms with E-state index in [2.05, 4.69) is 29.4 Å². The fraction of sp³-hybridized carbons (Fsp3) is 0.444. The van der Waals surface area contributed by atoms with Crippen molar-refractivity contribution < 1.29 is 9.53 Å². The Labute approximate surface area is 146 Å². The molecule has 0 aromatic carbocycles. The van der Waals surface area contributed by atoms with Crippen LogP contribution in [0.2, 0.25) is 0 Å². The smallest absolute Gasteiger partial charge is 0.225 e. The number of nitrogens with one attached hydrogen (secondary N) is 1. The van der Waals surface area contributed by atoms with Gasteiger partial charge in [0.25, 0.3) is 0 Å². The number of pyridine rings is 1. The Morgan fingerprint density at radius 2 is 2.17 bits per heavy atom. The third kappa shape index (κ3) is 4.87. The van der Waals surface area contributed by atoms with E-state index in [4.69, 9.17) is 4.74 Å². The highest BCUT2D eigenvalue weighted by Crippen LogP contribution is 2.19. The number of carbonyl (C=O) groups is 1. The molecule has 5 nitrogen and oxygen atoms in total. The van der Waals surface area contributed by atoms with Gasteiger partial charge in [0.15, 0.2) is 0 Å². The summed E-state index contributed by atoms with van der Waals surface area (Å²) in [4.78, 5) is 21.3. The Balaban J connectivity index is 1.68. The van der Waals surface area contributed by atoms with E-state index in [1.807, 2.05) is 17.0 Å². The number of amides is 1. The van der Waals surface area contributed by atoms with Crippen LogP contribution in [-0.4, -0.2) is 41.6 Å². The molecule has 0 radical (unpaired) electrons. The summed E-state index contributed by atoms with van der Waals surface area (Å²) in [5.41, 5.74) is 1.09. The number of morpholine rings is 1. The van der Waals surface area contributed by atoms with Crippen LogP contribution in [0.3, 0.4) is 0 Å². The van der Waals surface area contributed by atoms with Crippen molar-refractivity contribution in [1.82, 2.24) is 15.2 Å². The van der Waals surface area contributed by atoms with Gasteiger partial charge in [-0.1, -0.05) is 0 Å². The first-order valence-electron chi connectivity index (χ1n) is 8.25. The van der Waals surface area contributed by atoms with Gasteiger partial charge in [-0.2, -0.15) is 0 Å². The first-order chi connectivity index (χ1) is 11.7. The summed E-state index contributed by atoms with van der Waals surface area (Å²) in [6.07, 6.45) is 3.92. The van der Waals surface area contributed by atoms with E-state index in [1.165, 1.54) is 9.75 Å². The molecule has 24 heavy (non-hydrogen) atoms. The zero-order chi connectivity index (χ0) is 16.8. The van der Waals surface area contributed by atoms with E-state index in [0.29, 0.717) is 26.1 Å². The van der Waals surface area contributed by atoms with Crippen LogP contribution in [0.4, 0.5) is 0 Å².